The van der Waals surface area contributed by atoms with Gasteiger partial charge in [-0.1, -0.05) is 24.3 Å². The second-order valence-electron chi connectivity index (χ2n) is 7.73. The molecule has 1 aliphatic rings. The Morgan fingerprint density at radius 1 is 1.00 bits per heavy atom. The summed E-state index contributed by atoms with van der Waals surface area (Å²) in [4.78, 5) is 33.6. The Kier molecular flexibility index (Phi) is 5.29. The second kappa shape index (κ2) is 8.07. The van der Waals surface area contributed by atoms with Crippen LogP contribution in [0.1, 0.15) is 22.7 Å². The monoisotopic (exact) mass is 413 g/mol. The molecule has 2 aromatic carbocycles. The van der Waals surface area contributed by atoms with Gasteiger partial charge in [0, 0.05) is 43.4 Å². The van der Waals surface area contributed by atoms with Gasteiger partial charge in [0.05, 0.1) is 11.6 Å². The zero-order valence-electron chi connectivity index (χ0n) is 17.6. The molecule has 0 spiro atoms. The number of anilines is 2. The van der Waals surface area contributed by atoms with E-state index in [0.29, 0.717) is 11.3 Å². The van der Waals surface area contributed by atoms with Crippen LogP contribution in [0.4, 0.5) is 11.4 Å². The van der Waals surface area contributed by atoms with Crippen molar-refractivity contribution in [3.05, 3.63) is 95.3 Å². The van der Waals surface area contributed by atoms with Crippen LogP contribution >= 0.6 is 0 Å². The molecule has 1 amide bonds. The van der Waals surface area contributed by atoms with Crippen molar-refractivity contribution in [2.75, 3.05) is 23.9 Å². The second-order valence-corrected chi connectivity index (χ2v) is 7.73. The molecular formula is C25H23N3O3. The summed E-state index contributed by atoms with van der Waals surface area (Å²) in [6.45, 7) is 1.93. The minimum Gasteiger partial charge on any atom is -0.507 e. The minimum atomic E-state index is -0.744. The summed E-state index contributed by atoms with van der Waals surface area (Å²) in [7, 11) is 3.88. The standard InChI is InChI=1S/C25H23N3O3/c1-16-5-4-6-20(15-16)28-22(17-7-9-19(10-8-17)27(2)3)21(24(30)25(28)31)23(29)18-11-13-26-14-12-18/h4-15,22,29H,1-3H3/b23-21+. The molecule has 6 heteroatoms. The Labute approximate surface area is 181 Å². The van der Waals surface area contributed by atoms with Gasteiger partial charge in [-0.05, 0) is 54.4 Å². The van der Waals surface area contributed by atoms with E-state index in [1.807, 2.05) is 68.4 Å². The number of Topliss-reactive ketones (excluding diaryl/α,β-unsaturated/α-hetero) is 1. The highest BCUT2D eigenvalue weighted by atomic mass is 16.3. The Bertz CT molecular complexity index is 1170. The number of pyridine rings is 1. The molecule has 0 radical (unpaired) electrons. The van der Waals surface area contributed by atoms with Crippen LogP contribution in [0.2, 0.25) is 0 Å². The van der Waals surface area contributed by atoms with Crippen molar-refractivity contribution in [2.45, 2.75) is 13.0 Å². The number of ketones is 1. The first-order valence-corrected chi connectivity index (χ1v) is 9.94. The Morgan fingerprint density at radius 3 is 2.29 bits per heavy atom. The minimum absolute atomic E-state index is 0.0651. The van der Waals surface area contributed by atoms with Crippen LogP contribution in [-0.4, -0.2) is 35.9 Å². The molecule has 1 aromatic heterocycles. The first-order valence-electron chi connectivity index (χ1n) is 9.94. The van der Waals surface area contributed by atoms with Gasteiger partial charge in [-0.2, -0.15) is 0 Å². The molecule has 3 aromatic rings. The van der Waals surface area contributed by atoms with E-state index >= 15 is 0 Å². The molecular weight excluding hydrogens is 390 g/mol. The summed E-state index contributed by atoms with van der Waals surface area (Å²) < 4.78 is 0. The largest absolute Gasteiger partial charge is 0.507 e. The zero-order valence-corrected chi connectivity index (χ0v) is 17.6. The molecule has 31 heavy (non-hydrogen) atoms. The molecule has 1 unspecified atom stereocenters. The molecule has 0 saturated carbocycles. The van der Waals surface area contributed by atoms with E-state index in [0.717, 1.165) is 16.8 Å². The summed E-state index contributed by atoms with van der Waals surface area (Å²) >= 11 is 0. The lowest BCUT2D eigenvalue weighted by molar-refractivity contribution is -0.132. The number of hydrogen-bond acceptors (Lipinski definition) is 5. The molecule has 6 nitrogen and oxygen atoms in total. The highest BCUT2D eigenvalue weighted by Gasteiger charge is 2.46. The molecule has 2 heterocycles. The van der Waals surface area contributed by atoms with Gasteiger partial charge in [-0.3, -0.25) is 19.5 Å². The van der Waals surface area contributed by atoms with E-state index in [1.54, 1.807) is 18.2 Å². The molecule has 1 saturated heterocycles. The number of rotatable bonds is 4. The van der Waals surface area contributed by atoms with E-state index < -0.39 is 17.7 Å². The number of aryl methyl sites for hydroxylation is 1. The van der Waals surface area contributed by atoms with Crippen molar-refractivity contribution in [2.24, 2.45) is 0 Å². The summed E-state index contributed by atoms with van der Waals surface area (Å²) in [5, 5.41) is 11.0. The van der Waals surface area contributed by atoms with Gasteiger partial charge in [-0.15, -0.1) is 0 Å². The highest BCUT2D eigenvalue weighted by molar-refractivity contribution is 6.51. The van der Waals surface area contributed by atoms with E-state index in [2.05, 4.69) is 4.98 Å². The molecule has 1 aliphatic heterocycles. The van der Waals surface area contributed by atoms with Gasteiger partial charge in [-0.25, -0.2) is 0 Å². The number of nitrogens with zero attached hydrogens (tertiary/aromatic N) is 3. The fourth-order valence-electron chi connectivity index (χ4n) is 3.81. The number of aliphatic hydroxyl groups excluding tert-OH is 1. The maximum Gasteiger partial charge on any atom is 0.300 e. The van der Waals surface area contributed by atoms with Gasteiger partial charge >= 0.3 is 0 Å². The summed E-state index contributed by atoms with van der Waals surface area (Å²) in [5.41, 5.74) is 3.81. The van der Waals surface area contributed by atoms with Crippen molar-refractivity contribution in [1.29, 1.82) is 0 Å². The van der Waals surface area contributed by atoms with Crippen molar-refractivity contribution >= 4 is 28.8 Å². The van der Waals surface area contributed by atoms with Crippen LogP contribution in [-0.2, 0) is 9.59 Å². The lowest BCUT2D eigenvalue weighted by Gasteiger charge is -2.26. The number of amides is 1. The van der Waals surface area contributed by atoms with Crippen LogP contribution in [0, 0.1) is 6.92 Å². The third kappa shape index (κ3) is 3.68. The van der Waals surface area contributed by atoms with E-state index in [4.69, 9.17) is 0 Å². The Hall–Kier alpha value is -3.93. The van der Waals surface area contributed by atoms with Crippen LogP contribution in [0.25, 0.3) is 5.76 Å². The molecule has 0 bridgehead atoms. The van der Waals surface area contributed by atoms with Gasteiger partial charge in [0.2, 0.25) is 0 Å². The first kappa shape index (κ1) is 20.3. The highest BCUT2D eigenvalue weighted by Crippen LogP contribution is 2.42. The van der Waals surface area contributed by atoms with Gasteiger partial charge in [0.1, 0.15) is 5.76 Å². The van der Waals surface area contributed by atoms with Crippen molar-refractivity contribution in [1.82, 2.24) is 4.98 Å². The first-order chi connectivity index (χ1) is 14.9. The van der Waals surface area contributed by atoms with Crippen molar-refractivity contribution in [3.8, 4) is 0 Å². The van der Waals surface area contributed by atoms with Crippen LogP contribution in [0.5, 0.6) is 0 Å². The van der Waals surface area contributed by atoms with Crippen LogP contribution in [0.3, 0.4) is 0 Å². The topological polar surface area (TPSA) is 73.7 Å². The van der Waals surface area contributed by atoms with Crippen LogP contribution < -0.4 is 9.80 Å². The lowest BCUT2D eigenvalue weighted by atomic mass is 9.95. The molecule has 156 valence electrons. The third-order valence-corrected chi connectivity index (χ3v) is 5.40. The Balaban J connectivity index is 1.93. The number of carbonyl (C=O) groups excluding carboxylic acids is 2. The zero-order chi connectivity index (χ0) is 22.1. The van der Waals surface area contributed by atoms with E-state index in [9.17, 15) is 14.7 Å². The quantitative estimate of drug-likeness (QED) is 0.396. The SMILES string of the molecule is Cc1cccc(N2C(=O)C(=O)/C(=C(/O)c3ccncc3)C2c2ccc(N(C)C)cc2)c1. The molecule has 1 atom stereocenters. The van der Waals surface area contributed by atoms with Gasteiger partial charge in [0.25, 0.3) is 11.7 Å². The summed E-state index contributed by atoms with van der Waals surface area (Å²) in [6, 6.07) is 17.5. The molecule has 4 rings (SSSR count). The predicted molar refractivity (Wildman–Crippen MR) is 121 cm³/mol. The number of carbonyl (C=O) groups is 2. The average Bonchev–Trinajstić information content (AvgIpc) is 3.04. The number of benzene rings is 2. The molecule has 1 N–H and O–H groups in total. The van der Waals surface area contributed by atoms with E-state index in [1.165, 1.54) is 17.3 Å². The van der Waals surface area contributed by atoms with Crippen molar-refractivity contribution in [3.63, 3.8) is 0 Å². The average molecular weight is 413 g/mol. The molecule has 0 aliphatic carbocycles. The normalized spacial score (nSPS) is 17.8. The maximum atomic E-state index is 13.1. The van der Waals surface area contributed by atoms with Crippen molar-refractivity contribution < 1.29 is 14.7 Å². The maximum absolute atomic E-state index is 13.1. The summed E-state index contributed by atoms with van der Waals surface area (Å²) in [6.07, 6.45) is 3.07. The van der Waals surface area contributed by atoms with E-state index in [-0.39, 0.29) is 11.3 Å². The predicted octanol–water partition coefficient (Wildman–Crippen LogP) is 4.08. The molecule has 1 fully saturated rings. The number of aliphatic hydroxyl groups is 1. The number of aromatic nitrogens is 1. The van der Waals surface area contributed by atoms with Gasteiger partial charge in [0.15, 0.2) is 0 Å². The van der Waals surface area contributed by atoms with Crippen LogP contribution in [0.15, 0.2) is 78.6 Å². The Morgan fingerprint density at radius 2 is 1.68 bits per heavy atom. The third-order valence-electron chi connectivity index (χ3n) is 5.40. The smallest absolute Gasteiger partial charge is 0.300 e. The van der Waals surface area contributed by atoms with Gasteiger partial charge < -0.3 is 10.0 Å². The lowest BCUT2D eigenvalue weighted by Crippen LogP contribution is -2.29. The fourth-order valence-corrected chi connectivity index (χ4v) is 3.81. The number of hydrogen-bond donors (Lipinski definition) is 1. The summed E-state index contributed by atoms with van der Waals surface area (Å²) in [5.74, 6) is -1.59. The fraction of sp³-hybridized carbons (Fsp3) is 0.160.